The van der Waals surface area contributed by atoms with Crippen LogP contribution in [0, 0.1) is 0 Å². The molecule has 0 fully saturated rings. The number of methoxy groups -OCH3 is 1. The summed E-state index contributed by atoms with van der Waals surface area (Å²) in [6.07, 6.45) is 2.55. The van der Waals surface area contributed by atoms with E-state index in [0.29, 0.717) is 31.2 Å². The number of hydrogen-bond acceptors (Lipinski definition) is 5. The first-order valence-electron chi connectivity index (χ1n) is 8.08. The smallest absolute Gasteiger partial charge is 0.305 e. The summed E-state index contributed by atoms with van der Waals surface area (Å²) in [4.78, 5) is 47.1. The fourth-order valence-electron chi connectivity index (χ4n) is 2.46. The summed E-state index contributed by atoms with van der Waals surface area (Å²) in [5.74, 6) is -0.607. The molecule has 0 aliphatic rings. The number of aromatic amines is 1. The Morgan fingerprint density at radius 1 is 1.12 bits per heavy atom. The number of esters is 1. The molecule has 2 aromatic rings. The van der Waals surface area contributed by atoms with Crippen LogP contribution in [0.15, 0.2) is 33.9 Å². The molecule has 8 heteroatoms. The largest absolute Gasteiger partial charge is 0.469 e. The number of amides is 1. The molecule has 0 aliphatic carbocycles. The van der Waals surface area contributed by atoms with Crippen molar-refractivity contribution in [3.05, 3.63) is 45.0 Å². The highest BCUT2D eigenvalue weighted by Crippen LogP contribution is 2.02. The van der Waals surface area contributed by atoms with Crippen molar-refractivity contribution in [3.63, 3.8) is 0 Å². The van der Waals surface area contributed by atoms with Crippen LogP contribution in [0.5, 0.6) is 0 Å². The minimum atomic E-state index is -0.413. The number of ether oxygens (including phenoxy) is 1. The molecule has 1 heterocycles. The zero-order chi connectivity index (χ0) is 18.2. The zero-order valence-corrected chi connectivity index (χ0v) is 14.0. The van der Waals surface area contributed by atoms with Crippen LogP contribution >= 0.6 is 0 Å². The van der Waals surface area contributed by atoms with Gasteiger partial charge in [-0.25, -0.2) is 4.68 Å². The molecule has 0 atom stereocenters. The number of nitrogens with one attached hydrogen (secondary N) is 2. The minimum Gasteiger partial charge on any atom is -0.469 e. The number of benzene rings is 1. The standard InChI is InChI=1S/C17H21N3O5/c1-25-15(22)9-3-2-6-10-18-14(21)11-20-17(24)13-8-5-4-7-12(13)16(23)19-20/h4-5,7-8H,2-3,6,9-11H2,1H3,(H,18,21)(H,19,23). The van der Waals surface area contributed by atoms with Crippen LogP contribution in [-0.4, -0.2) is 35.3 Å². The monoisotopic (exact) mass is 347 g/mol. The number of nitrogens with zero attached hydrogens (tertiary/aromatic N) is 1. The average Bonchev–Trinajstić information content (AvgIpc) is 2.62. The third-order valence-corrected chi connectivity index (χ3v) is 3.79. The summed E-state index contributed by atoms with van der Waals surface area (Å²) < 4.78 is 5.55. The summed E-state index contributed by atoms with van der Waals surface area (Å²) in [6, 6.07) is 6.47. The molecule has 0 aliphatic heterocycles. The molecular formula is C17H21N3O5. The van der Waals surface area contributed by atoms with E-state index >= 15 is 0 Å². The summed E-state index contributed by atoms with van der Waals surface area (Å²) in [6.45, 7) is 0.188. The molecule has 1 aromatic carbocycles. The topological polar surface area (TPSA) is 110 Å². The van der Waals surface area contributed by atoms with E-state index < -0.39 is 11.1 Å². The van der Waals surface area contributed by atoms with Gasteiger partial charge in [0.1, 0.15) is 6.54 Å². The molecule has 1 aromatic heterocycles. The van der Waals surface area contributed by atoms with E-state index in [1.165, 1.54) is 7.11 Å². The number of carbonyl (C=O) groups is 2. The fraction of sp³-hybridized carbons (Fsp3) is 0.412. The lowest BCUT2D eigenvalue weighted by Crippen LogP contribution is -2.37. The van der Waals surface area contributed by atoms with Gasteiger partial charge in [0, 0.05) is 13.0 Å². The number of aromatic nitrogens is 2. The molecule has 0 bridgehead atoms. The fourth-order valence-corrected chi connectivity index (χ4v) is 2.46. The molecule has 2 rings (SSSR count). The lowest BCUT2D eigenvalue weighted by molar-refractivity contribution is -0.140. The summed E-state index contributed by atoms with van der Waals surface area (Å²) in [5.41, 5.74) is -0.825. The van der Waals surface area contributed by atoms with Gasteiger partial charge in [0.25, 0.3) is 11.1 Å². The number of carbonyl (C=O) groups excluding carboxylic acids is 2. The number of rotatable bonds is 8. The van der Waals surface area contributed by atoms with Crippen molar-refractivity contribution in [3.8, 4) is 0 Å². The average molecular weight is 347 g/mol. The number of H-pyrrole nitrogens is 1. The van der Waals surface area contributed by atoms with Crippen LogP contribution < -0.4 is 16.4 Å². The van der Waals surface area contributed by atoms with Gasteiger partial charge in [0.15, 0.2) is 0 Å². The molecule has 0 spiro atoms. The number of unbranched alkanes of at least 4 members (excludes halogenated alkanes) is 2. The Labute approximate surface area is 143 Å². The molecule has 0 unspecified atom stereocenters. The van der Waals surface area contributed by atoms with Crippen molar-refractivity contribution in [2.75, 3.05) is 13.7 Å². The first-order valence-corrected chi connectivity index (χ1v) is 8.08. The summed E-state index contributed by atoms with van der Waals surface area (Å²) in [7, 11) is 1.35. The molecule has 1 amide bonds. The van der Waals surface area contributed by atoms with Gasteiger partial charge in [-0.2, -0.15) is 0 Å². The van der Waals surface area contributed by atoms with Crippen molar-refractivity contribution < 1.29 is 14.3 Å². The van der Waals surface area contributed by atoms with E-state index in [4.69, 9.17) is 0 Å². The van der Waals surface area contributed by atoms with Crippen molar-refractivity contribution in [2.45, 2.75) is 32.2 Å². The highest BCUT2D eigenvalue weighted by molar-refractivity contribution is 5.81. The highest BCUT2D eigenvalue weighted by atomic mass is 16.5. The van der Waals surface area contributed by atoms with Crippen molar-refractivity contribution in [1.29, 1.82) is 0 Å². The van der Waals surface area contributed by atoms with Gasteiger partial charge in [-0.3, -0.25) is 24.3 Å². The molecule has 0 radical (unpaired) electrons. The van der Waals surface area contributed by atoms with E-state index in [1.807, 2.05) is 0 Å². The minimum absolute atomic E-state index is 0.247. The Balaban J connectivity index is 1.86. The second kappa shape index (κ2) is 8.81. The van der Waals surface area contributed by atoms with E-state index in [2.05, 4.69) is 15.2 Å². The van der Waals surface area contributed by atoms with E-state index in [9.17, 15) is 19.2 Å². The molecule has 134 valence electrons. The Kier molecular flexibility index (Phi) is 6.50. The van der Waals surface area contributed by atoms with Gasteiger partial charge >= 0.3 is 5.97 Å². The van der Waals surface area contributed by atoms with Crippen LogP contribution in [0.25, 0.3) is 10.8 Å². The molecular weight excluding hydrogens is 326 g/mol. The van der Waals surface area contributed by atoms with Crippen molar-refractivity contribution in [1.82, 2.24) is 15.1 Å². The molecule has 8 nitrogen and oxygen atoms in total. The maximum atomic E-state index is 12.3. The second-order valence-corrected chi connectivity index (χ2v) is 5.61. The molecule has 0 saturated heterocycles. The first kappa shape index (κ1) is 18.4. The zero-order valence-electron chi connectivity index (χ0n) is 14.0. The lowest BCUT2D eigenvalue weighted by Gasteiger charge is -2.08. The van der Waals surface area contributed by atoms with Crippen LogP contribution in [0.2, 0.25) is 0 Å². The number of fused-ring (bicyclic) bond motifs is 1. The van der Waals surface area contributed by atoms with Crippen LogP contribution in [0.3, 0.4) is 0 Å². The van der Waals surface area contributed by atoms with Crippen molar-refractivity contribution in [2.24, 2.45) is 0 Å². The van der Waals surface area contributed by atoms with Gasteiger partial charge in [-0.05, 0) is 25.0 Å². The quantitative estimate of drug-likeness (QED) is 0.535. The Hall–Kier alpha value is -2.90. The lowest BCUT2D eigenvalue weighted by atomic mass is 10.2. The van der Waals surface area contributed by atoms with E-state index in [1.54, 1.807) is 24.3 Å². The molecule has 0 saturated carbocycles. The SMILES string of the molecule is COC(=O)CCCCCNC(=O)Cn1[nH]c(=O)c2ccccc2c1=O. The van der Waals surface area contributed by atoms with Crippen LogP contribution in [-0.2, 0) is 20.9 Å². The number of hydrogen-bond donors (Lipinski definition) is 2. The first-order chi connectivity index (χ1) is 12.0. The summed E-state index contributed by atoms with van der Waals surface area (Å²) in [5, 5.41) is 5.69. The van der Waals surface area contributed by atoms with Crippen molar-refractivity contribution >= 4 is 22.6 Å². The van der Waals surface area contributed by atoms with Crippen LogP contribution in [0.4, 0.5) is 0 Å². The normalized spacial score (nSPS) is 10.6. The second-order valence-electron chi connectivity index (χ2n) is 5.61. The van der Waals surface area contributed by atoms with Gasteiger partial charge in [0.2, 0.25) is 5.91 Å². The van der Waals surface area contributed by atoms with Gasteiger partial charge in [-0.1, -0.05) is 18.6 Å². The van der Waals surface area contributed by atoms with Gasteiger partial charge in [0.05, 0.1) is 17.9 Å². The van der Waals surface area contributed by atoms with Gasteiger partial charge < -0.3 is 10.1 Å². The van der Waals surface area contributed by atoms with Gasteiger partial charge in [-0.15, -0.1) is 0 Å². The third-order valence-electron chi connectivity index (χ3n) is 3.79. The Morgan fingerprint density at radius 2 is 1.84 bits per heavy atom. The predicted octanol–water partition coefficient (Wildman–Crippen LogP) is 0.539. The summed E-state index contributed by atoms with van der Waals surface area (Å²) >= 11 is 0. The Morgan fingerprint density at radius 3 is 2.56 bits per heavy atom. The van der Waals surface area contributed by atoms with E-state index in [-0.39, 0.29) is 23.8 Å². The maximum Gasteiger partial charge on any atom is 0.305 e. The predicted molar refractivity (Wildman–Crippen MR) is 92.3 cm³/mol. The van der Waals surface area contributed by atoms with Crippen LogP contribution in [0.1, 0.15) is 25.7 Å². The highest BCUT2D eigenvalue weighted by Gasteiger charge is 2.09. The molecule has 2 N–H and O–H groups in total. The maximum absolute atomic E-state index is 12.3. The molecule has 25 heavy (non-hydrogen) atoms. The third kappa shape index (κ3) is 5.03. The Bertz CT molecular complexity index is 868. The van der Waals surface area contributed by atoms with E-state index in [0.717, 1.165) is 11.1 Å².